The number of benzene rings is 1. The molecule has 3 nitrogen and oxygen atoms in total. The van der Waals surface area contributed by atoms with Gasteiger partial charge in [-0.15, -0.1) is 0 Å². The molecule has 100 valence electrons. The van der Waals surface area contributed by atoms with Gasteiger partial charge >= 0.3 is 5.97 Å². The third-order valence-electron chi connectivity index (χ3n) is 2.19. The third kappa shape index (κ3) is 5.96. The van der Waals surface area contributed by atoms with Gasteiger partial charge in [-0.05, 0) is 36.4 Å². The molecule has 1 aromatic carbocycles. The van der Waals surface area contributed by atoms with Crippen molar-refractivity contribution in [3.05, 3.63) is 29.8 Å². The lowest BCUT2D eigenvalue weighted by Crippen LogP contribution is -2.09. The van der Waals surface area contributed by atoms with Crippen LogP contribution in [-0.4, -0.2) is 28.2 Å². The van der Waals surface area contributed by atoms with Crippen molar-refractivity contribution < 1.29 is 14.6 Å². The molecule has 0 saturated heterocycles. The fourth-order valence-corrected chi connectivity index (χ4v) is 2.20. The first-order valence-corrected chi connectivity index (χ1v) is 6.97. The topological polar surface area (TPSA) is 46.5 Å². The predicted molar refractivity (Wildman–Crippen MR) is 75.7 cm³/mol. The Balaban J connectivity index is 2.25. The fraction of sp³-hybridized carbons (Fsp3) is 0.500. The maximum Gasteiger partial charge on any atom is 0.335 e. The molecule has 0 saturated carbocycles. The zero-order chi connectivity index (χ0) is 13.6. The SMILES string of the molecule is CC(C)(C)SCCCOc1ccc(C(=O)O)cc1. The van der Waals surface area contributed by atoms with Gasteiger partial charge in [0.15, 0.2) is 0 Å². The molecule has 0 fully saturated rings. The fourth-order valence-electron chi connectivity index (χ4n) is 1.32. The number of hydrogen-bond acceptors (Lipinski definition) is 3. The standard InChI is InChI=1S/C14H20O3S/c1-14(2,3)18-10-4-9-17-12-7-5-11(6-8-12)13(15)16/h5-8H,4,9-10H2,1-3H3,(H,15,16). The van der Waals surface area contributed by atoms with Crippen molar-refractivity contribution in [1.29, 1.82) is 0 Å². The van der Waals surface area contributed by atoms with Crippen molar-refractivity contribution in [3.63, 3.8) is 0 Å². The van der Waals surface area contributed by atoms with E-state index in [1.54, 1.807) is 24.3 Å². The van der Waals surface area contributed by atoms with Crippen LogP contribution in [0.5, 0.6) is 5.75 Å². The van der Waals surface area contributed by atoms with Crippen molar-refractivity contribution in [1.82, 2.24) is 0 Å². The van der Waals surface area contributed by atoms with Crippen molar-refractivity contribution in [2.24, 2.45) is 0 Å². The Labute approximate surface area is 113 Å². The van der Waals surface area contributed by atoms with E-state index in [1.165, 1.54) is 0 Å². The quantitative estimate of drug-likeness (QED) is 0.799. The Morgan fingerprint density at radius 2 is 1.89 bits per heavy atom. The minimum absolute atomic E-state index is 0.283. The highest BCUT2D eigenvalue weighted by Crippen LogP contribution is 2.23. The number of rotatable bonds is 6. The molecule has 1 N–H and O–H groups in total. The van der Waals surface area contributed by atoms with E-state index in [0.29, 0.717) is 11.4 Å². The van der Waals surface area contributed by atoms with Crippen LogP contribution in [0.15, 0.2) is 24.3 Å². The number of hydrogen-bond donors (Lipinski definition) is 1. The average Bonchev–Trinajstić information content (AvgIpc) is 2.27. The molecule has 0 unspecified atom stereocenters. The van der Waals surface area contributed by atoms with Crippen LogP contribution in [0.1, 0.15) is 37.6 Å². The summed E-state index contributed by atoms with van der Waals surface area (Å²) >= 11 is 1.92. The highest BCUT2D eigenvalue weighted by atomic mass is 32.2. The van der Waals surface area contributed by atoms with Crippen LogP contribution in [0.2, 0.25) is 0 Å². The molecule has 1 rings (SSSR count). The summed E-state index contributed by atoms with van der Waals surface area (Å²) < 4.78 is 5.84. The molecular formula is C14H20O3S. The molecule has 0 aliphatic rings. The van der Waals surface area contributed by atoms with Crippen LogP contribution in [0.3, 0.4) is 0 Å². The van der Waals surface area contributed by atoms with Crippen LogP contribution in [0.4, 0.5) is 0 Å². The molecule has 0 spiro atoms. The predicted octanol–water partition coefficient (Wildman–Crippen LogP) is 3.69. The van der Waals surface area contributed by atoms with E-state index in [1.807, 2.05) is 11.8 Å². The highest BCUT2D eigenvalue weighted by molar-refractivity contribution is 8.00. The number of aromatic carboxylic acids is 1. The Bertz CT molecular complexity index is 379. The maximum absolute atomic E-state index is 10.7. The van der Waals surface area contributed by atoms with E-state index < -0.39 is 5.97 Å². The van der Waals surface area contributed by atoms with Crippen LogP contribution in [-0.2, 0) is 0 Å². The van der Waals surface area contributed by atoms with E-state index in [-0.39, 0.29) is 5.56 Å². The Morgan fingerprint density at radius 1 is 1.28 bits per heavy atom. The molecular weight excluding hydrogens is 248 g/mol. The molecule has 0 amide bonds. The summed E-state index contributed by atoms with van der Waals surface area (Å²) in [5.41, 5.74) is 0.283. The molecule has 0 radical (unpaired) electrons. The molecule has 0 aliphatic heterocycles. The number of ether oxygens (including phenoxy) is 1. The van der Waals surface area contributed by atoms with E-state index >= 15 is 0 Å². The number of thioether (sulfide) groups is 1. The molecule has 0 atom stereocenters. The zero-order valence-electron chi connectivity index (χ0n) is 11.1. The number of carboxylic acid groups (broad SMARTS) is 1. The second-order valence-electron chi connectivity index (χ2n) is 4.99. The van der Waals surface area contributed by atoms with Gasteiger partial charge in [-0.1, -0.05) is 20.8 Å². The van der Waals surface area contributed by atoms with Crippen molar-refractivity contribution in [3.8, 4) is 5.75 Å². The highest BCUT2D eigenvalue weighted by Gasteiger charge is 2.09. The molecule has 1 aromatic rings. The van der Waals surface area contributed by atoms with Crippen LogP contribution in [0, 0.1) is 0 Å². The van der Waals surface area contributed by atoms with Gasteiger partial charge in [-0.25, -0.2) is 4.79 Å². The largest absolute Gasteiger partial charge is 0.494 e. The maximum atomic E-state index is 10.7. The number of carbonyl (C=O) groups is 1. The summed E-state index contributed by atoms with van der Waals surface area (Å²) in [6.07, 6.45) is 0.989. The lowest BCUT2D eigenvalue weighted by atomic mass is 10.2. The summed E-state index contributed by atoms with van der Waals surface area (Å²) in [5.74, 6) is 0.875. The molecule has 18 heavy (non-hydrogen) atoms. The Kier molecular flexibility index (Phi) is 5.54. The van der Waals surface area contributed by atoms with E-state index in [4.69, 9.17) is 9.84 Å². The second kappa shape index (κ2) is 6.69. The Morgan fingerprint density at radius 3 is 2.39 bits per heavy atom. The second-order valence-corrected chi connectivity index (χ2v) is 6.91. The van der Waals surface area contributed by atoms with Gasteiger partial charge in [0.2, 0.25) is 0 Å². The first-order chi connectivity index (χ1) is 8.38. The molecule has 0 heterocycles. The minimum atomic E-state index is -0.914. The molecule has 0 aliphatic carbocycles. The summed E-state index contributed by atoms with van der Waals surface area (Å²) in [6.45, 7) is 7.25. The summed E-state index contributed by atoms with van der Waals surface area (Å²) in [7, 11) is 0. The molecule has 4 heteroatoms. The van der Waals surface area contributed by atoms with Gasteiger partial charge in [0, 0.05) is 4.75 Å². The molecule has 0 bridgehead atoms. The first-order valence-electron chi connectivity index (χ1n) is 5.98. The summed E-state index contributed by atoms with van der Waals surface area (Å²) in [4.78, 5) is 10.7. The smallest absolute Gasteiger partial charge is 0.335 e. The lowest BCUT2D eigenvalue weighted by Gasteiger charge is -2.17. The number of carboxylic acids is 1. The van der Waals surface area contributed by atoms with Crippen molar-refractivity contribution in [2.75, 3.05) is 12.4 Å². The van der Waals surface area contributed by atoms with Crippen LogP contribution < -0.4 is 4.74 Å². The van der Waals surface area contributed by atoms with Gasteiger partial charge in [-0.2, -0.15) is 11.8 Å². The van der Waals surface area contributed by atoms with Crippen molar-refractivity contribution in [2.45, 2.75) is 31.9 Å². The Hall–Kier alpha value is -1.16. The molecule has 0 aromatic heterocycles. The van der Waals surface area contributed by atoms with E-state index in [9.17, 15) is 4.79 Å². The van der Waals surface area contributed by atoms with Gasteiger partial charge in [0.05, 0.1) is 12.2 Å². The monoisotopic (exact) mass is 268 g/mol. The minimum Gasteiger partial charge on any atom is -0.494 e. The average molecular weight is 268 g/mol. The summed E-state index contributed by atoms with van der Waals surface area (Å²) in [6, 6.07) is 6.50. The lowest BCUT2D eigenvalue weighted by molar-refractivity contribution is 0.0697. The summed E-state index contributed by atoms with van der Waals surface area (Å²) in [5, 5.41) is 8.75. The first kappa shape index (κ1) is 14.9. The van der Waals surface area contributed by atoms with Gasteiger partial charge in [0.1, 0.15) is 5.75 Å². The zero-order valence-corrected chi connectivity index (χ0v) is 11.9. The van der Waals surface area contributed by atoms with Gasteiger partial charge in [0.25, 0.3) is 0 Å². The van der Waals surface area contributed by atoms with Crippen LogP contribution >= 0.6 is 11.8 Å². The van der Waals surface area contributed by atoms with Gasteiger partial charge < -0.3 is 9.84 Å². The van der Waals surface area contributed by atoms with Gasteiger partial charge in [-0.3, -0.25) is 0 Å². The normalized spacial score (nSPS) is 11.3. The third-order valence-corrected chi connectivity index (χ3v) is 3.55. The van der Waals surface area contributed by atoms with E-state index in [0.717, 1.165) is 17.9 Å². The van der Waals surface area contributed by atoms with E-state index in [2.05, 4.69) is 20.8 Å². The van der Waals surface area contributed by atoms with Crippen LogP contribution in [0.25, 0.3) is 0 Å². The van der Waals surface area contributed by atoms with Crippen molar-refractivity contribution >= 4 is 17.7 Å².